The predicted octanol–water partition coefficient (Wildman–Crippen LogP) is 4.12. The number of nitrogens with one attached hydrogen (secondary N) is 2. The Labute approximate surface area is 186 Å². The Morgan fingerprint density at radius 3 is 2.75 bits per heavy atom. The van der Waals surface area contributed by atoms with Crippen LogP contribution < -0.4 is 5.32 Å². The maximum Gasteiger partial charge on any atom is 0.253 e. The highest BCUT2D eigenvalue weighted by atomic mass is 16.1. The Balaban J connectivity index is 1.26. The molecule has 1 aromatic carbocycles. The molecule has 4 heterocycles. The van der Waals surface area contributed by atoms with E-state index in [4.69, 9.17) is 0 Å². The first-order valence-electron chi connectivity index (χ1n) is 11.3. The summed E-state index contributed by atoms with van der Waals surface area (Å²) in [5, 5.41) is 4.35. The first kappa shape index (κ1) is 19.2. The summed E-state index contributed by atoms with van der Waals surface area (Å²) in [4.78, 5) is 27.8. The van der Waals surface area contributed by atoms with Crippen LogP contribution in [0.5, 0.6) is 0 Å². The van der Waals surface area contributed by atoms with E-state index in [9.17, 15) is 4.79 Å². The maximum atomic E-state index is 13.2. The number of carbonyl (C=O) groups excluding carboxylic acids is 1. The highest BCUT2D eigenvalue weighted by Gasteiger charge is 2.38. The van der Waals surface area contributed by atoms with E-state index in [0.29, 0.717) is 11.6 Å². The number of aromatic nitrogens is 3. The number of pyridine rings is 2. The molecule has 1 amide bonds. The summed E-state index contributed by atoms with van der Waals surface area (Å²) in [6, 6.07) is 16.6. The van der Waals surface area contributed by atoms with Crippen LogP contribution in [-0.2, 0) is 6.42 Å². The number of likely N-dealkylation sites (tertiary alicyclic amines) is 1. The molecule has 1 aliphatic heterocycles. The molecular formula is C26H25N5O. The molecule has 1 fully saturated rings. The summed E-state index contributed by atoms with van der Waals surface area (Å²) in [7, 11) is 0. The summed E-state index contributed by atoms with van der Waals surface area (Å²) in [6.45, 7) is 2.22. The Morgan fingerprint density at radius 1 is 1.03 bits per heavy atom. The Morgan fingerprint density at radius 2 is 1.91 bits per heavy atom. The minimum absolute atomic E-state index is 0.0103. The second-order valence-corrected chi connectivity index (χ2v) is 8.70. The lowest BCUT2D eigenvalue weighted by atomic mass is 10.0. The van der Waals surface area contributed by atoms with Crippen LogP contribution in [0.4, 0.5) is 0 Å². The van der Waals surface area contributed by atoms with Crippen LogP contribution in [0.2, 0.25) is 0 Å². The molecule has 6 heteroatoms. The number of nitrogens with zero attached hydrogens (tertiary/aromatic N) is 3. The topological polar surface area (TPSA) is 73.9 Å². The fourth-order valence-electron chi connectivity index (χ4n) is 5.26. The van der Waals surface area contributed by atoms with E-state index in [0.717, 1.165) is 41.8 Å². The average Bonchev–Trinajstić information content (AvgIpc) is 3.59. The van der Waals surface area contributed by atoms with Gasteiger partial charge in [0.05, 0.1) is 17.3 Å². The van der Waals surface area contributed by atoms with Crippen molar-refractivity contribution < 1.29 is 4.79 Å². The molecule has 6 nitrogen and oxygen atoms in total. The highest BCUT2D eigenvalue weighted by Crippen LogP contribution is 2.36. The Bertz CT molecular complexity index is 1270. The molecule has 32 heavy (non-hydrogen) atoms. The van der Waals surface area contributed by atoms with Gasteiger partial charge < -0.3 is 10.3 Å². The molecule has 2 N–H and O–H groups in total. The van der Waals surface area contributed by atoms with Crippen molar-refractivity contribution in [3.63, 3.8) is 0 Å². The van der Waals surface area contributed by atoms with Gasteiger partial charge in [-0.1, -0.05) is 24.3 Å². The van der Waals surface area contributed by atoms with Crippen LogP contribution in [0, 0.1) is 0 Å². The van der Waals surface area contributed by atoms with E-state index in [1.807, 2.05) is 30.5 Å². The van der Waals surface area contributed by atoms with Crippen LogP contribution in [0.1, 0.15) is 40.4 Å². The van der Waals surface area contributed by atoms with Crippen molar-refractivity contribution in [3.05, 3.63) is 83.8 Å². The van der Waals surface area contributed by atoms with Crippen molar-refractivity contribution in [2.24, 2.45) is 0 Å². The fourth-order valence-corrected chi connectivity index (χ4v) is 5.26. The van der Waals surface area contributed by atoms with Gasteiger partial charge in [0.15, 0.2) is 0 Å². The van der Waals surface area contributed by atoms with Crippen molar-refractivity contribution in [3.8, 4) is 11.3 Å². The summed E-state index contributed by atoms with van der Waals surface area (Å²) < 4.78 is 0. The molecular weight excluding hydrogens is 398 g/mol. The Kier molecular flexibility index (Phi) is 4.72. The van der Waals surface area contributed by atoms with Gasteiger partial charge in [-0.05, 0) is 67.7 Å². The molecule has 0 spiro atoms. The van der Waals surface area contributed by atoms with E-state index < -0.39 is 0 Å². The summed E-state index contributed by atoms with van der Waals surface area (Å²) in [5.74, 6) is -0.0727. The molecule has 3 aromatic heterocycles. The monoisotopic (exact) mass is 423 g/mol. The standard InChI is InChI=1S/C26H25N5O/c32-26(18-7-8-22(29-16-18)20-9-11-27-25-21(20)10-12-28-25)30-24-19-6-2-1-5-17(19)15-23(24)31-13-3-4-14-31/h1-2,5-12,16,23-24H,3-4,13-15H2,(H,27,28)(H,30,32). The van der Waals surface area contributed by atoms with Crippen LogP contribution >= 0.6 is 0 Å². The molecule has 2 aliphatic rings. The van der Waals surface area contributed by atoms with Gasteiger partial charge in [0, 0.05) is 35.6 Å². The molecule has 0 bridgehead atoms. The highest BCUT2D eigenvalue weighted by molar-refractivity contribution is 5.95. The lowest BCUT2D eigenvalue weighted by Crippen LogP contribution is -2.43. The fraction of sp³-hybridized carbons (Fsp3) is 0.269. The van der Waals surface area contributed by atoms with Crippen molar-refractivity contribution in [2.75, 3.05) is 13.1 Å². The van der Waals surface area contributed by atoms with Crippen LogP contribution in [-0.4, -0.2) is 44.9 Å². The molecule has 0 saturated carbocycles. The number of H-pyrrole nitrogens is 1. The number of benzene rings is 1. The minimum atomic E-state index is -0.0727. The van der Waals surface area contributed by atoms with E-state index >= 15 is 0 Å². The SMILES string of the molecule is O=C(NC1c2ccccc2CC1N1CCCC1)c1ccc(-c2ccnc3[nH]ccc23)nc1. The lowest BCUT2D eigenvalue weighted by molar-refractivity contribution is 0.0906. The summed E-state index contributed by atoms with van der Waals surface area (Å²) in [5.41, 5.74) is 5.83. The third-order valence-corrected chi connectivity index (χ3v) is 6.86. The van der Waals surface area contributed by atoms with E-state index in [-0.39, 0.29) is 11.9 Å². The van der Waals surface area contributed by atoms with Gasteiger partial charge in [0.2, 0.25) is 0 Å². The number of hydrogen-bond donors (Lipinski definition) is 2. The van der Waals surface area contributed by atoms with Gasteiger partial charge in [-0.2, -0.15) is 0 Å². The zero-order chi connectivity index (χ0) is 21.5. The summed E-state index contributed by atoms with van der Waals surface area (Å²) in [6.07, 6.45) is 8.79. The van der Waals surface area contributed by atoms with E-state index in [2.05, 4.69) is 49.4 Å². The third-order valence-electron chi connectivity index (χ3n) is 6.86. The van der Waals surface area contributed by atoms with Crippen molar-refractivity contribution in [1.29, 1.82) is 0 Å². The molecule has 6 rings (SSSR count). The Hall–Kier alpha value is -3.51. The lowest BCUT2D eigenvalue weighted by Gasteiger charge is -2.30. The summed E-state index contributed by atoms with van der Waals surface area (Å²) >= 11 is 0. The van der Waals surface area contributed by atoms with Crippen molar-refractivity contribution in [1.82, 2.24) is 25.2 Å². The molecule has 160 valence electrons. The predicted molar refractivity (Wildman–Crippen MR) is 124 cm³/mol. The number of rotatable bonds is 4. The number of fused-ring (bicyclic) bond motifs is 2. The molecule has 2 unspecified atom stereocenters. The molecule has 4 aromatic rings. The van der Waals surface area contributed by atoms with Gasteiger partial charge in [0.1, 0.15) is 5.65 Å². The minimum Gasteiger partial charge on any atom is -0.346 e. The van der Waals surface area contributed by atoms with Gasteiger partial charge in [-0.15, -0.1) is 0 Å². The number of hydrogen-bond acceptors (Lipinski definition) is 4. The first-order chi connectivity index (χ1) is 15.8. The van der Waals surface area contributed by atoms with E-state index in [1.54, 1.807) is 12.4 Å². The van der Waals surface area contributed by atoms with Gasteiger partial charge in [0.25, 0.3) is 5.91 Å². The average molecular weight is 424 g/mol. The largest absolute Gasteiger partial charge is 0.346 e. The van der Waals surface area contributed by atoms with Gasteiger partial charge in [-0.3, -0.25) is 14.7 Å². The van der Waals surface area contributed by atoms with Crippen LogP contribution in [0.25, 0.3) is 22.3 Å². The van der Waals surface area contributed by atoms with Crippen molar-refractivity contribution >= 4 is 16.9 Å². The zero-order valence-corrected chi connectivity index (χ0v) is 17.8. The zero-order valence-electron chi connectivity index (χ0n) is 17.8. The van der Waals surface area contributed by atoms with Gasteiger partial charge >= 0.3 is 0 Å². The molecule has 0 radical (unpaired) electrons. The normalized spacial score (nSPS) is 20.5. The quantitative estimate of drug-likeness (QED) is 0.518. The number of carbonyl (C=O) groups is 1. The molecule has 1 aliphatic carbocycles. The van der Waals surface area contributed by atoms with E-state index in [1.165, 1.54) is 24.0 Å². The molecule has 2 atom stereocenters. The van der Waals surface area contributed by atoms with Crippen molar-refractivity contribution in [2.45, 2.75) is 31.3 Å². The third kappa shape index (κ3) is 3.28. The first-order valence-corrected chi connectivity index (χ1v) is 11.3. The number of amides is 1. The van der Waals surface area contributed by atoms with Gasteiger partial charge in [-0.25, -0.2) is 4.98 Å². The van der Waals surface area contributed by atoms with Crippen LogP contribution in [0.15, 0.2) is 67.1 Å². The second kappa shape index (κ2) is 7.88. The smallest absolute Gasteiger partial charge is 0.253 e. The maximum absolute atomic E-state index is 13.2. The van der Waals surface area contributed by atoms with Crippen LogP contribution in [0.3, 0.4) is 0 Å². The number of aromatic amines is 1. The molecule has 1 saturated heterocycles. The second-order valence-electron chi connectivity index (χ2n) is 8.70.